The predicted octanol–water partition coefficient (Wildman–Crippen LogP) is 13.5. The molecular weight excluding hydrogens is 693 g/mol. The van der Waals surface area contributed by atoms with Crippen LogP contribution in [0.2, 0.25) is 0 Å². The van der Waals surface area contributed by atoms with Crippen molar-refractivity contribution in [3.8, 4) is 45.1 Å². The minimum absolute atomic E-state index is 0.228. The standard InChI is InChI=1S/C53H36N4/c1-53(2)44-22-12-9-19-37(44)41-28-29-42-50(33-15-5-3-6-16-33)54-52(55-51(42)49(41)53)57-46-24-14-11-21-39(46)43-31-34(26-30-47(43)57)35-25-27-40-38-20-10-13-23-45(38)56(48(40)32-35)36-17-7-4-8-18-36/h3-32H,1-2H3. The third kappa shape index (κ3) is 4.55. The zero-order chi connectivity index (χ0) is 37.8. The zero-order valence-corrected chi connectivity index (χ0v) is 31.6. The van der Waals surface area contributed by atoms with Crippen molar-refractivity contribution in [3.05, 3.63) is 193 Å². The van der Waals surface area contributed by atoms with Gasteiger partial charge < -0.3 is 4.57 Å². The number of benzene rings is 8. The van der Waals surface area contributed by atoms with Crippen LogP contribution in [0.5, 0.6) is 0 Å². The lowest BCUT2D eigenvalue weighted by Crippen LogP contribution is -2.16. The minimum Gasteiger partial charge on any atom is -0.309 e. The van der Waals surface area contributed by atoms with E-state index in [0.29, 0.717) is 5.95 Å². The van der Waals surface area contributed by atoms with Gasteiger partial charge in [-0.3, -0.25) is 4.57 Å². The van der Waals surface area contributed by atoms with Crippen molar-refractivity contribution in [2.45, 2.75) is 19.3 Å². The molecule has 57 heavy (non-hydrogen) atoms. The van der Waals surface area contributed by atoms with Crippen LogP contribution in [-0.4, -0.2) is 19.1 Å². The monoisotopic (exact) mass is 728 g/mol. The fraction of sp³-hybridized carbons (Fsp3) is 0.0566. The molecule has 0 amide bonds. The Morgan fingerprint density at radius 3 is 1.81 bits per heavy atom. The molecule has 4 heteroatoms. The summed E-state index contributed by atoms with van der Waals surface area (Å²) in [6.45, 7) is 4.67. The molecular formula is C53H36N4. The van der Waals surface area contributed by atoms with E-state index in [1.54, 1.807) is 0 Å². The van der Waals surface area contributed by atoms with Crippen LogP contribution in [0.1, 0.15) is 25.0 Å². The molecule has 268 valence electrons. The Morgan fingerprint density at radius 2 is 1.00 bits per heavy atom. The predicted molar refractivity (Wildman–Crippen MR) is 237 cm³/mol. The molecule has 0 unspecified atom stereocenters. The molecule has 8 aromatic carbocycles. The molecule has 1 aliphatic carbocycles. The van der Waals surface area contributed by atoms with Gasteiger partial charge in [-0.2, -0.15) is 0 Å². The number of para-hydroxylation sites is 3. The van der Waals surface area contributed by atoms with E-state index in [9.17, 15) is 0 Å². The first-order valence-electron chi connectivity index (χ1n) is 19.7. The van der Waals surface area contributed by atoms with Gasteiger partial charge in [-0.1, -0.05) is 147 Å². The summed E-state index contributed by atoms with van der Waals surface area (Å²) in [5, 5.41) is 5.91. The summed E-state index contributed by atoms with van der Waals surface area (Å²) >= 11 is 0. The van der Waals surface area contributed by atoms with Crippen LogP contribution in [0.4, 0.5) is 0 Å². The highest BCUT2D eigenvalue weighted by molar-refractivity contribution is 6.12. The van der Waals surface area contributed by atoms with Crippen LogP contribution in [0.3, 0.4) is 0 Å². The maximum Gasteiger partial charge on any atom is 0.235 e. The summed E-state index contributed by atoms with van der Waals surface area (Å²) in [6.07, 6.45) is 0. The minimum atomic E-state index is -0.228. The molecule has 4 nitrogen and oxygen atoms in total. The molecule has 1 aliphatic rings. The number of hydrogen-bond acceptors (Lipinski definition) is 2. The molecule has 0 saturated heterocycles. The first kappa shape index (κ1) is 32.0. The molecule has 11 aromatic rings. The second-order valence-electron chi connectivity index (χ2n) is 15.8. The first-order chi connectivity index (χ1) is 28.0. The van der Waals surface area contributed by atoms with Crippen molar-refractivity contribution in [2.75, 3.05) is 0 Å². The van der Waals surface area contributed by atoms with Crippen LogP contribution in [0.15, 0.2) is 182 Å². The molecule has 0 spiro atoms. The molecule has 0 saturated carbocycles. The van der Waals surface area contributed by atoms with Gasteiger partial charge in [0.2, 0.25) is 5.95 Å². The average molecular weight is 729 g/mol. The van der Waals surface area contributed by atoms with Crippen molar-refractivity contribution >= 4 is 54.5 Å². The molecule has 3 heterocycles. The lowest BCUT2D eigenvalue weighted by molar-refractivity contribution is 0.664. The van der Waals surface area contributed by atoms with Gasteiger partial charge in [0, 0.05) is 43.6 Å². The molecule has 0 radical (unpaired) electrons. The van der Waals surface area contributed by atoms with Crippen molar-refractivity contribution in [1.29, 1.82) is 0 Å². The van der Waals surface area contributed by atoms with E-state index in [1.165, 1.54) is 66.0 Å². The number of nitrogens with zero attached hydrogens (tertiary/aromatic N) is 4. The third-order valence-electron chi connectivity index (χ3n) is 12.3. The summed E-state index contributed by atoms with van der Waals surface area (Å²) in [5.41, 5.74) is 16.0. The van der Waals surface area contributed by atoms with Crippen molar-refractivity contribution in [1.82, 2.24) is 19.1 Å². The van der Waals surface area contributed by atoms with Crippen LogP contribution >= 0.6 is 0 Å². The van der Waals surface area contributed by atoms with Gasteiger partial charge in [-0.15, -0.1) is 0 Å². The van der Waals surface area contributed by atoms with Crippen LogP contribution in [0, 0.1) is 0 Å². The van der Waals surface area contributed by atoms with Crippen LogP contribution in [0.25, 0.3) is 99.7 Å². The highest BCUT2D eigenvalue weighted by Crippen LogP contribution is 2.51. The van der Waals surface area contributed by atoms with Gasteiger partial charge in [0.15, 0.2) is 0 Å². The van der Waals surface area contributed by atoms with Gasteiger partial charge in [0.1, 0.15) is 0 Å². The Morgan fingerprint density at radius 1 is 0.404 bits per heavy atom. The molecule has 12 rings (SSSR count). The third-order valence-corrected chi connectivity index (χ3v) is 12.3. The molecule has 0 N–H and O–H groups in total. The number of rotatable bonds is 4. The van der Waals surface area contributed by atoms with Gasteiger partial charge in [0.05, 0.1) is 33.3 Å². The lowest BCUT2D eigenvalue weighted by Gasteiger charge is -2.23. The SMILES string of the molecule is CC1(C)c2ccccc2-c2ccc3c(-c4ccccc4)nc(-n4c5ccccc5c5cc(-c6ccc7c8ccccc8n(-c8ccccc8)c7c6)ccc54)nc3c21. The van der Waals surface area contributed by atoms with Crippen LogP contribution in [-0.2, 0) is 5.41 Å². The quantitative estimate of drug-likeness (QED) is 0.181. The number of aromatic nitrogens is 4. The normalized spacial score (nSPS) is 13.2. The zero-order valence-electron chi connectivity index (χ0n) is 31.6. The van der Waals surface area contributed by atoms with E-state index in [4.69, 9.17) is 9.97 Å². The molecule has 0 fully saturated rings. The van der Waals surface area contributed by atoms with Gasteiger partial charge in [-0.05, 0) is 81.9 Å². The summed E-state index contributed by atoms with van der Waals surface area (Å²) in [5.74, 6) is 0.675. The second kappa shape index (κ2) is 11.8. The Hall–Kier alpha value is -7.30. The molecule has 0 aliphatic heterocycles. The Labute approximate surface area is 329 Å². The van der Waals surface area contributed by atoms with Crippen molar-refractivity contribution in [3.63, 3.8) is 0 Å². The van der Waals surface area contributed by atoms with E-state index < -0.39 is 0 Å². The molecule has 0 bridgehead atoms. The van der Waals surface area contributed by atoms with E-state index in [-0.39, 0.29) is 5.41 Å². The van der Waals surface area contributed by atoms with E-state index in [1.807, 2.05) is 0 Å². The molecule has 3 aromatic heterocycles. The number of fused-ring (bicyclic) bond motifs is 11. The Balaban J connectivity index is 1.10. The summed E-state index contributed by atoms with van der Waals surface area (Å²) in [6, 6.07) is 65.7. The highest BCUT2D eigenvalue weighted by atomic mass is 15.2. The largest absolute Gasteiger partial charge is 0.309 e. The lowest BCUT2D eigenvalue weighted by atomic mass is 9.81. The van der Waals surface area contributed by atoms with Gasteiger partial charge in [0.25, 0.3) is 0 Å². The molecule has 0 atom stereocenters. The Bertz CT molecular complexity index is 3420. The van der Waals surface area contributed by atoms with Gasteiger partial charge in [-0.25, -0.2) is 9.97 Å². The van der Waals surface area contributed by atoms with E-state index >= 15 is 0 Å². The highest BCUT2D eigenvalue weighted by Gasteiger charge is 2.38. The summed E-state index contributed by atoms with van der Waals surface area (Å²) in [7, 11) is 0. The summed E-state index contributed by atoms with van der Waals surface area (Å²) < 4.78 is 4.65. The summed E-state index contributed by atoms with van der Waals surface area (Å²) in [4.78, 5) is 11.0. The van der Waals surface area contributed by atoms with E-state index in [0.717, 1.165) is 38.9 Å². The number of hydrogen-bond donors (Lipinski definition) is 0. The van der Waals surface area contributed by atoms with Crippen molar-refractivity contribution < 1.29 is 0 Å². The first-order valence-corrected chi connectivity index (χ1v) is 19.7. The fourth-order valence-electron chi connectivity index (χ4n) is 9.73. The van der Waals surface area contributed by atoms with Gasteiger partial charge >= 0.3 is 0 Å². The average Bonchev–Trinajstić information content (AvgIpc) is 3.86. The Kier molecular flexibility index (Phi) is 6.65. The fourth-order valence-corrected chi connectivity index (χ4v) is 9.73. The van der Waals surface area contributed by atoms with E-state index in [2.05, 4.69) is 205 Å². The van der Waals surface area contributed by atoms with Crippen molar-refractivity contribution in [2.24, 2.45) is 0 Å². The second-order valence-corrected chi connectivity index (χ2v) is 15.8. The maximum absolute atomic E-state index is 5.58. The topological polar surface area (TPSA) is 35.6 Å². The smallest absolute Gasteiger partial charge is 0.235 e. The van der Waals surface area contributed by atoms with Crippen LogP contribution < -0.4 is 0 Å². The maximum atomic E-state index is 5.58.